The summed E-state index contributed by atoms with van der Waals surface area (Å²) in [6.07, 6.45) is 5.32. The first kappa shape index (κ1) is 9.68. The highest BCUT2D eigenvalue weighted by molar-refractivity contribution is 6.29. The largest absolute Gasteiger partial charge is 0.355 e. The smallest absolute Gasteiger partial charge is 0.147 e. The molecule has 0 atom stereocenters. The van der Waals surface area contributed by atoms with Gasteiger partial charge < -0.3 is 10.6 Å². The van der Waals surface area contributed by atoms with E-state index in [-0.39, 0.29) is 0 Å². The molecule has 14 heavy (non-hydrogen) atoms. The van der Waals surface area contributed by atoms with Crippen molar-refractivity contribution in [1.82, 2.24) is 9.97 Å². The van der Waals surface area contributed by atoms with Gasteiger partial charge in [0.1, 0.15) is 11.0 Å². The zero-order valence-electron chi connectivity index (χ0n) is 7.86. The second-order valence-corrected chi connectivity index (χ2v) is 3.91. The van der Waals surface area contributed by atoms with Crippen LogP contribution in [-0.4, -0.2) is 29.1 Å². The third-order valence-corrected chi connectivity index (χ3v) is 2.67. The predicted molar refractivity (Wildman–Crippen MR) is 56.5 cm³/mol. The standard InChI is InChI=1S/C9H13ClN4/c10-8-5-13-9(6-12-8)14-3-1-7(11)2-4-14/h5-7H,1-4,11H2. The third kappa shape index (κ3) is 2.13. The number of hydrogen-bond acceptors (Lipinski definition) is 4. The van der Waals surface area contributed by atoms with Crippen LogP contribution in [-0.2, 0) is 0 Å². The van der Waals surface area contributed by atoms with Gasteiger partial charge in [0, 0.05) is 19.1 Å². The van der Waals surface area contributed by atoms with Gasteiger partial charge in [-0.2, -0.15) is 0 Å². The molecule has 2 N–H and O–H groups in total. The first-order chi connectivity index (χ1) is 6.75. The summed E-state index contributed by atoms with van der Waals surface area (Å²) >= 11 is 5.66. The van der Waals surface area contributed by atoms with Gasteiger partial charge in [-0.05, 0) is 12.8 Å². The lowest BCUT2D eigenvalue weighted by molar-refractivity contribution is 0.498. The number of aromatic nitrogens is 2. The van der Waals surface area contributed by atoms with Gasteiger partial charge >= 0.3 is 0 Å². The molecule has 0 aliphatic carbocycles. The van der Waals surface area contributed by atoms with Crippen molar-refractivity contribution in [2.75, 3.05) is 18.0 Å². The summed E-state index contributed by atoms with van der Waals surface area (Å²) < 4.78 is 0. The monoisotopic (exact) mass is 212 g/mol. The highest BCUT2D eigenvalue weighted by Gasteiger charge is 2.16. The van der Waals surface area contributed by atoms with Crippen molar-refractivity contribution in [2.24, 2.45) is 5.73 Å². The van der Waals surface area contributed by atoms with E-state index >= 15 is 0 Å². The number of piperidine rings is 1. The summed E-state index contributed by atoms with van der Waals surface area (Å²) in [7, 11) is 0. The van der Waals surface area contributed by atoms with E-state index in [2.05, 4.69) is 14.9 Å². The first-order valence-electron chi connectivity index (χ1n) is 4.74. The lowest BCUT2D eigenvalue weighted by atomic mass is 10.1. The van der Waals surface area contributed by atoms with E-state index in [0.29, 0.717) is 11.2 Å². The molecule has 5 heteroatoms. The van der Waals surface area contributed by atoms with Crippen molar-refractivity contribution < 1.29 is 0 Å². The number of anilines is 1. The summed E-state index contributed by atoms with van der Waals surface area (Å²) in [5.74, 6) is 0.890. The lowest BCUT2D eigenvalue weighted by Crippen LogP contribution is -2.40. The highest BCUT2D eigenvalue weighted by Crippen LogP contribution is 2.16. The van der Waals surface area contributed by atoms with Crippen molar-refractivity contribution >= 4 is 17.4 Å². The van der Waals surface area contributed by atoms with Crippen LogP contribution in [0.25, 0.3) is 0 Å². The third-order valence-electron chi connectivity index (χ3n) is 2.47. The van der Waals surface area contributed by atoms with Gasteiger partial charge in [-0.3, -0.25) is 0 Å². The van der Waals surface area contributed by atoms with Gasteiger partial charge in [-0.1, -0.05) is 11.6 Å². The Morgan fingerprint density at radius 1 is 1.29 bits per heavy atom. The summed E-state index contributed by atoms with van der Waals surface area (Å²) in [5, 5.41) is 0.433. The van der Waals surface area contributed by atoms with E-state index in [4.69, 9.17) is 17.3 Å². The molecule has 1 saturated heterocycles. The number of nitrogens with zero attached hydrogens (tertiary/aromatic N) is 3. The second kappa shape index (κ2) is 4.11. The number of halogens is 1. The molecule has 0 aromatic carbocycles. The molecule has 1 aliphatic heterocycles. The topological polar surface area (TPSA) is 55.0 Å². The minimum atomic E-state index is 0.339. The van der Waals surface area contributed by atoms with E-state index in [1.165, 1.54) is 0 Å². The average molecular weight is 213 g/mol. The average Bonchev–Trinajstić information content (AvgIpc) is 2.21. The normalized spacial score (nSPS) is 18.6. The quantitative estimate of drug-likeness (QED) is 0.757. The molecule has 0 radical (unpaired) electrons. The van der Waals surface area contributed by atoms with Gasteiger partial charge in [0.15, 0.2) is 0 Å². The lowest BCUT2D eigenvalue weighted by Gasteiger charge is -2.30. The maximum Gasteiger partial charge on any atom is 0.147 e. The van der Waals surface area contributed by atoms with Crippen LogP contribution in [0.2, 0.25) is 5.15 Å². The maximum atomic E-state index is 5.82. The Kier molecular flexibility index (Phi) is 2.84. The molecule has 2 rings (SSSR count). The molecule has 0 amide bonds. The first-order valence-corrected chi connectivity index (χ1v) is 5.11. The van der Waals surface area contributed by atoms with E-state index in [1.54, 1.807) is 12.4 Å². The Bertz CT molecular complexity index is 292. The fraction of sp³-hybridized carbons (Fsp3) is 0.556. The summed E-state index contributed by atoms with van der Waals surface area (Å²) in [4.78, 5) is 10.4. The molecule has 1 aliphatic rings. The SMILES string of the molecule is NC1CCN(c2cnc(Cl)cn2)CC1. The molecule has 0 bridgehead atoms. The molecular weight excluding hydrogens is 200 g/mol. The Labute approximate surface area is 88.1 Å². The minimum absolute atomic E-state index is 0.339. The number of nitrogens with two attached hydrogens (primary N) is 1. The van der Waals surface area contributed by atoms with Crippen molar-refractivity contribution in [1.29, 1.82) is 0 Å². The van der Waals surface area contributed by atoms with Crippen LogP contribution >= 0.6 is 11.6 Å². The van der Waals surface area contributed by atoms with Crippen LogP contribution in [0.1, 0.15) is 12.8 Å². The fourth-order valence-electron chi connectivity index (χ4n) is 1.60. The van der Waals surface area contributed by atoms with Crippen molar-refractivity contribution in [3.8, 4) is 0 Å². The van der Waals surface area contributed by atoms with Gasteiger partial charge in [0.25, 0.3) is 0 Å². The van der Waals surface area contributed by atoms with Crippen LogP contribution in [0.15, 0.2) is 12.4 Å². The fourth-order valence-corrected chi connectivity index (χ4v) is 1.69. The van der Waals surface area contributed by atoms with Crippen molar-refractivity contribution in [2.45, 2.75) is 18.9 Å². The van der Waals surface area contributed by atoms with E-state index < -0.39 is 0 Å². The minimum Gasteiger partial charge on any atom is -0.355 e. The van der Waals surface area contributed by atoms with Crippen molar-refractivity contribution in [3.05, 3.63) is 17.5 Å². The molecule has 1 aromatic rings. The Morgan fingerprint density at radius 2 is 2.00 bits per heavy atom. The number of hydrogen-bond donors (Lipinski definition) is 1. The Morgan fingerprint density at radius 3 is 2.57 bits per heavy atom. The molecule has 0 unspecified atom stereocenters. The Balaban J connectivity index is 2.05. The summed E-state index contributed by atoms with van der Waals surface area (Å²) in [6.45, 7) is 1.91. The zero-order valence-corrected chi connectivity index (χ0v) is 8.61. The van der Waals surface area contributed by atoms with E-state index in [1.807, 2.05) is 0 Å². The molecule has 0 saturated carbocycles. The molecular formula is C9H13ClN4. The molecule has 4 nitrogen and oxygen atoms in total. The van der Waals surface area contributed by atoms with E-state index in [9.17, 15) is 0 Å². The van der Waals surface area contributed by atoms with Gasteiger partial charge in [0.2, 0.25) is 0 Å². The van der Waals surface area contributed by atoms with Crippen molar-refractivity contribution in [3.63, 3.8) is 0 Å². The van der Waals surface area contributed by atoms with Crippen LogP contribution in [0, 0.1) is 0 Å². The highest BCUT2D eigenvalue weighted by atomic mass is 35.5. The van der Waals surface area contributed by atoms with Gasteiger partial charge in [-0.25, -0.2) is 9.97 Å². The second-order valence-electron chi connectivity index (χ2n) is 3.52. The van der Waals surface area contributed by atoms with Crippen LogP contribution in [0.5, 0.6) is 0 Å². The maximum absolute atomic E-state index is 5.82. The van der Waals surface area contributed by atoms with Crippen LogP contribution in [0.3, 0.4) is 0 Å². The Hall–Kier alpha value is -0.870. The zero-order chi connectivity index (χ0) is 9.97. The van der Waals surface area contributed by atoms with Crippen LogP contribution in [0.4, 0.5) is 5.82 Å². The summed E-state index contributed by atoms with van der Waals surface area (Å²) in [5.41, 5.74) is 5.82. The molecule has 1 fully saturated rings. The molecule has 76 valence electrons. The molecule has 0 spiro atoms. The van der Waals surface area contributed by atoms with E-state index in [0.717, 1.165) is 31.7 Å². The number of rotatable bonds is 1. The summed E-state index contributed by atoms with van der Waals surface area (Å²) in [6, 6.07) is 0.339. The van der Waals surface area contributed by atoms with Crippen LogP contribution < -0.4 is 10.6 Å². The predicted octanol–water partition coefficient (Wildman–Crippen LogP) is 1.06. The molecule has 2 heterocycles. The van der Waals surface area contributed by atoms with Gasteiger partial charge in [0.05, 0.1) is 12.4 Å². The van der Waals surface area contributed by atoms with Gasteiger partial charge in [-0.15, -0.1) is 0 Å². The molecule has 1 aromatic heterocycles.